The maximum Gasteiger partial charge on any atom is 0.255 e. The van der Waals surface area contributed by atoms with Crippen molar-refractivity contribution in [2.45, 2.75) is 6.54 Å². The molecule has 0 aromatic heterocycles. The lowest BCUT2D eigenvalue weighted by Gasteiger charge is -2.12. The van der Waals surface area contributed by atoms with E-state index < -0.39 is 23.4 Å². The first-order valence-corrected chi connectivity index (χ1v) is 11.0. The van der Waals surface area contributed by atoms with E-state index in [9.17, 15) is 18.0 Å². The van der Waals surface area contributed by atoms with Crippen molar-refractivity contribution in [3.63, 3.8) is 0 Å². The number of hydrogen-bond acceptors (Lipinski definition) is 4. The maximum absolute atomic E-state index is 14.2. The zero-order chi connectivity index (χ0) is 25.2. The molecule has 2 heterocycles. The second-order valence-electron chi connectivity index (χ2n) is 8.13. The number of hydrogen-bond donors (Lipinski definition) is 1. The predicted molar refractivity (Wildman–Crippen MR) is 128 cm³/mol. The van der Waals surface area contributed by atoms with E-state index in [1.165, 1.54) is 24.3 Å². The minimum atomic E-state index is -0.981. The lowest BCUT2D eigenvalue weighted by atomic mass is 10.0. The largest absolute Gasteiger partial charge is 0.483 e. The molecule has 6 nitrogen and oxygen atoms in total. The Morgan fingerprint density at radius 3 is 2.47 bits per heavy atom. The number of benzene rings is 3. The van der Waals surface area contributed by atoms with Gasteiger partial charge in [-0.1, -0.05) is 30.3 Å². The zero-order valence-corrected chi connectivity index (χ0v) is 18.8. The summed E-state index contributed by atoms with van der Waals surface area (Å²) < 4.78 is 48.7. The van der Waals surface area contributed by atoms with Gasteiger partial charge in [0.2, 0.25) is 0 Å². The van der Waals surface area contributed by atoms with E-state index in [4.69, 9.17) is 10.5 Å². The van der Waals surface area contributed by atoms with E-state index >= 15 is 0 Å². The summed E-state index contributed by atoms with van der Waals surface area (Å²) in [6.45, 7) is 0.160. The summed E-state index contributed by atoms with van der Waals surface area (Å²) in [6.07, 6.45) is 3.61. The molecule has 2 aliphatic heterocycles. The van der Waals surface area contributed by atoms with Gasteiger partial charge in [0.25, 0.3) is 5.91 Å². The van der Waals surface area contributed by atoms with Crippen molar-refractivity contribution in [2.24, 2.45) is 5.73 Å². The molecular formula is C27H19F3N4O2. The van der Waals surface area contributed by atoms with Crippen molar-refractivity contribution in [1.29, 1.82) is 0 Å². The molecule has 2 N–H and O–H groups in total. The smallest absolute Gasteiger partial charge is 0.255 e. The van der Waals surface area contributed by atoms with E-state index in [-0.39, 0.29) is 23.7 Å². The van der Waals surface area contributed by atoms with Crippen LogP contribution < -0.4 is 10.5 Å². The summed E-state index contributed by atoms with van der Waals surface area (Å²) in [5.74, 6) is -2.73. The van der Waals surface area contributed by atoms with Crippen molar-refractivity contribution >= 4 is 5.91 Å². The van der Waals surface area contributed by atoms with E-state index in [0.717, 1.165) is 17.2 Å². The van der Waals surface area contributed by atoms with Gasteiger partial charge in [-0.3, -0.25) is 4.79 Å². The fourth-order valence-corrected chi connectivity index (χ4v) is 3.85. The van der Waals surface area contributed by atoms with Crippen molar-refractivity contribution in [3.8, 4) is 39.7 Å². The standard InChI is InChI=1S/C27H19F3N4O2/c28-18-8-9-19(24(12-18)36-15-25(31)35)17-6-4-16(5-7-17)13-34-11-10-22-23(14-34)33-27(32-22)20-2-1-3-21(29)26(20)30/h1-12,14H,13,15H2,(H2,31,35). The third kappa shape index (κ3) is 4.76. The van der Waals surface area contributed by atoms with Crippen molar-refractivity contribution in [3.05, 3.63) is 102 Å². The number of nitrogens with two attached hydrogens (primary N) is 1. The molecular weight excluding hydrogens is 469 g/mol. The number of rotatable bonds is 7. The summed E-state index contributed by atoms with van der Waals surface area (Å²) in [7, 11) is 0. The Hall–Kier alpha value is -4.66. The van der Waals surface area contributed by atoms with Gasteiger partial charge >= 0.3 is 0 Å². The second kappa shape index (κ2) is 9.53. The van der Waals surface area contributed by atoms with Crippen LogP contribution in [0.3, 0.4) is 0 Å². The fraction of sp³-hybridized carbons (Fsp3) is 0.0741. The van der Waals surface area contributed by atoms with Crippen LogP contribution in [0.1, 0.15) is 5.56 Å². The lowest BCUT2D eigenvalue weighted by Crippen LogP contribution is -2.20. The summed E-state index contributed by atoms with van der Waals surface area (Å²) in [5, 5.41) is 0. The molecule has 36 heavy (non-hydrogen) atoms. The molecule has 0 spiro atoms. The number of fused-ring (bicyclic) bond motifs is 1. The number of pyridine rings is 1. The van der Waals surface area contributed by atoms with Crippen LogP contribution in [0.5, 0.6) is 5.75 Å². The van der Waals surface area contributed by atoms with Crippen LogP contribution in [-0.2, 0) is 11.3 Å². The number of carbonyl (C=O) groups excluding carboxylic acids is 1. The number of ether oxygens (including phenoxy) is 1. The SMILES string of the molecule is NC(=O)COc1cc(F)ccc1-c1ccc(Cn2ccc3nc(-c4cccc(F)c4F)nc-3c2)cc1. The Kier molecular flexibility index (Phi) is 6.12. The average Bonchev–Trinajstić information content (AvgIpc) is 3.28. The molecule has 2 aliphatic rings. The minimum absolute atomic E-state index is 0.00769. The second-order valence-corrected chi connectivity index (χ2v) is 8.13. The van der Waals surface area contributed by atoms with E-state index in [1.54, 1.807) is 18.3 Å². The highest BCUT2D eigenvalue weighted by Gasteiger charge is 2.17. The van der Waals surface area contributed by atoms with Crippen molar-refractivity contribution in [2.75, 3.05) is 6.61 Å². The zero-order valence-electron chi connectivity index (χ0n) is 18.8. The van der Waals surface area contributed by atoms with Crippen LogP contribution in [0.2, 0.25) is 0 Å². The normalized spacial score (nSPS) is 11.1. The number of nitrogens with zero attached hydrogens (tertiary/aromatic N) is 3. The molecule has 0 bridgehead atoms. The number of primary amides is 1. The molecule has 0 unspecified atom stereocenters. The van der Waals surface area contributed by atoms with E-state index in [1.807, 2.05) is 35.0 Å². The van der Waals surface area contributed by atoms with Gasteiger partial charge in [-0.15, -0.1) is 0 Å². The first kappa shape index (κ1) is 23.1. The van der Waals surface area contributed by atoms with E-state index in [2.05, 4.69) is 9.97 Å². The number of aromatic nitrogens is 3. The van der Waals surface area contributed by atoms with Crippen LogP contribution >= 0.6 is 0 Å². The highest BCUT2D eigenvalue weighted by molar-refractivity contribution is 5.76. The van der Waals surface area contributed by atoms with Gasteiger partial charge in [-0.05, 0) is 41.5 Å². The molecule has 9 heteroatoms. The molecule has 0 radical (unpaired) electrons. The van der Waals surface area contributed by atoms with E-state index in [0.29, 0.717) is 23.5 Å². The molecule has 180 valence electrons. The van der Waals surface area contributed by atoms with Crippen LogP contribution in [0.4, 0.5) is 13.2 Å². The van der Waals surface area contributed by atoms with Gasteiger partial charge in [0.05, 0.1) is 11.3 Å². The number of imidazole rings is 1. The molecule has 1 amide bonds. The number of halogens is 3. The molecule has 0 saturated carbocycles. The predicted octanol–water partition coefficient (Wildman–Crippen LogP) is 5.05. The summed E-state index contributed by atoms with van der Waals surface area (Å²) in [6, 6.07) is 17.3. The molecule has 0 aliphatic carbocycles. The van der Waals surface area contributed by atoms with Crippen LogP contribution in [0, 0.1) is 17.5 Å². The lowest BCUT2D eigenvalue weighted by molar-refractivity contribution is -0.119. The summed E-state index contributed by atoms with van der Waals surface area (Å²) in [5.41, 5.74) is 8.65. The number of carbonyl (C=O) groups is 1. The first-order chi connectivity index (χ1) is 17.4. The molecule has 0 atom stereocenters. The molecule has 3 aromatic carbocycles. The maximum atomic E-state index is 14.2. The van der Waals surface area contributed by atoms with Crippen molar-refractivity contribution in [1.82, 2.24) is 14.5 Å². The van der Waals surface area contributed by atoms with Gasteiger partial charge in [0.1, 0.15) is 17.3 Å². The summed E-state index contributed by atoms with van der Waals surface area (Å²) >= 11 is 0. The Labute approximate surface area is 204 Å². The van der Waals surface area contributed by atoms with Gasteiger partial charge in [-0.25, -0.2) is 23.1 Å². The third-order valence-corrected chi connectivity index (χ3v) is 5.56. The highest BCUT2D eigenvalue weighted by Crippen LogP contribution is 2.31. The van der Waals surface area contributed by atoms with Crippen LogP contribution in [-0.4, -0.2) is 27.0 Å². The van der Waals surface area contributed by atoms with Gasteiger partial charge < -0.3 is 15.0 Å². The molecule has 5 rings (SSSR count). The van der Waals surface area contributed by atoms with Crippen LogP contribution in [0.15, 0.2) is 79.1 Å². The Morgan fingerprint density at radius 1 is 0.917 bits per heavy atom. The van der Waals surface area contributed by atoms with Crippen LogP contribution in [0.25, 0.3) is 33.9 Å². The first-order valence-electron chi connectivity index (χ1n) is 11.0. The van der Waals surface area contributed by atoms with Gasteiger partial charge in [0, 0.05) is 30.6 Å². The fourth-order valence-electron chi connectivity index (χ4n) is 3.85. The highest BCUT2D eigenvalue weighted by atomic mass is 19.2. The Balaban J connectivity index is 1.37. The summed E-state index contributed by atoms with van der Waals surface area (Å²) in [4.78, 5) is 19.8. The molecule has 0 fully saturated rings. The number of amides is 1. The minimum Gasteiger partial charge on any atom is -0.483 e. The van der Waals surface area contributed by atoms with Gasteiger partial charge in [-0.2, -0.15) is 0 Å². The van der Waals surface area contributed by atoms with Crippen molar-refractivity contribution < 1.29 is 22.7 Å². The van der Waals surface area contributed by atoms with Gasteiger partial charge in [0.15, 0.2) is 24.1 Å². The Bertz CT molecular complexity index is 1530. The third-order valence-electron chi connectivity index (χ3n) is 5.56. The molecule has 3 aromatic rings. The average molecular weight is 488 g/mol. The topological polar surface area (TPSA) is 83.0 Å². The molecule has 0 saturated heterocycles. The quantitative estimate of drug-likeness (QED) is 0.348. The monoisotopic (exact) mass is 488 g/mol. The Morgan fingerprint density at radius 2 is 1.69 bits per heavy atom.